The van der Waals surface area contributed by atoms with E-state index in [1.54, 1.807) is 31.3 Å². The Labute approximate surface area is 299 Å². The summed E-state index contributed by atoms with van der Waals surface area (Å²) in [5.41, 5.74) is 4.27. The van der Waals surface area contributed by atoms with E-state index in [1.165, 1.54) is 12.0 Å². The Balaban J connectivity index is 0.00000270. The number of nitrogens with zero attached hydrogens (tertiary/aromatic N) is 4. The Morgan fingerprint density at radius 2 is 1.71 bits per heavy atom. The zero-order chi connectivity index (χ0) is 33.2. The number of ether oxygens (including phenoxy) is 2. The van der Waals surface area contributed by atoms with E-state index < -0.39 is 0 Å². The largest absolute Gasteiger partial charge is 0.496 e. The molecule has 6 rings (SSSR count). The topological polar surface area (TPSA) is 120 Å². The molecule has 0 spiro atoms. The maximum absolute atomic E-state index is 13.9. The van der Waals surface area contributed by atoms with Crippen LogP contribution < -0.4 is 19.7 Å². The normalized spacial score (nSPS) is 17.5. The van der Waals surface area contributed by atoms with E-state index in [-0.39, 0.29) is 65.9 Å². The smallest absolute Gasteiger partial charge is 0.259 e. The van der Waals surface area contributed by atoms with Crippen molar-refractivity contribution in [3.8, 4) is 11.5 Å². The van der Waals surface area contributed by atoms with Crippen molar-refractivity contribution in [1.29, 1.82) is 0 Å². The number of hydrogen-bond acceptors (Lipinski definition) is 7. The second kappa shape index (κ2) is 15.9. The van der Waals surface area contributed by atoms with Gasteiger partial charge < -0.3 is 34.5 Å². The van der Waals surface area contributed by atoms with Crippen LogP contribution in [-0.4, -0.2) is 91.0 Å². The van der Waals surface area contributed by atoms with Crippen LogP contribution in [0, 0.1) is 19.8 Å². The minimum Gasteiger partial charge on any atom is -0.496 e. The second-order valence-electron chi connectivity index (χ2n) is 12.6. The van der Waals surface area contributed by atoms with Crippen LogP contribution in [0.25, 0.3) is 11.0 Å². The van der Waals surface area contributed by atoms with Gasteiger partial charge in [0.05, 0.1) is 35.5 Å². The highest BCUT2D eigenvalue weighted by Gasteiger charge is 2.38. The molecule has 0 bridgehead atoms. The lowest BCUT2D eigenvalue weighted by Crippen LogP contribution is -2.50. The minimum atomic E-state index is -0.381. The van der Waals surface area contributed by atoms with Crippen molar-refractivity contribution in [1.82, 2.24) is 19.8 Å². The summed E-state index contributed by atoms with van der Waals surface area (Å²) >= 11 is 0. The molecule has 2 unspecified atom stereocenters. The van der Waals surface area contributed by atoms with E-state index in [1.807, 2.05) is 49.1 Å². The number of aryl methyl sites for hydroxylation is 2. The first-order valence-electron chi connectivity index (χ1n) is 16.1. The number of carbonyl (C=O) groups excluding carboxylic acids is 3. The fraction of sp³-hybridized carbons (Fsp3) is 0.389. The van der Waals surface area contributed by atoms with Crippen LogP contribution in [0.15, 0.2) is 54.6 Å². The molecule has 3 aromatic carbocycles. The summed E-state index contributed by atoms with van der Waals surface area (Å²) in [5.74, 6) is 0.853. The Morgan fingerprint density at radius 3 is 2.45 bits per heavy atom. The number of H-pyrrole nitrogens is 1. The van der Waals surface area contributed by atoms with Gasteiger partial charge in [-0.1, -0.05) is 12.1 Å². The van der Waals surface area contributed by atoms with E-state index in [9.17, 15) is 14.4 Å². The van der Waals surface area contributed by atoms with Crippen LogP contribution in [0.2, 0.25) is 0 Å². The van der Waals surface area contributed by atoms with Gasteiger partial charge in [0.25, 0.3) is 11.8 Å². The number of halogens is 2. The van der Waals surface area contributed by atoms with Crippen molar-refractivity contribution in [2.24, 2.45) is 5.92 Å². The third kappa shape index (κ3) is 7.95. The van der Waals surface area contributed by atoms with E-state index in [0.717, 1.165) is 62.3 Å². The molecule has 1 saturated heterocycles. The number of carbonyl (C=O) groups is 3. The Hall–Kier alpha value is -4.32. The molecule has 1 saturated carbocycles. The van der Waals surface area contributed by atoms with Crippen molar-refractivity contribution in [3.05, 3.63) is 77.1 Å². The highest BCUT2D eigenvalue weighted by molar-refractivity contribution is 6.11. The number of piperazine rings is 1. The molecule has 2 N–H and O–H groups in total. The summed E-state index contributed by atoms with van der Waals surface area (Å²) in [6.45, 7) is 7.04. The first-order valence-corrected chi connectivity index (χ1v) is 16.1. The maximum Gasteiger partial charge on any atom is 0.259 e. The third-order valence-electron chi connectivity index (χ3n) is 9.22. The summed E-state index contributed by atoms with van der Waals surface area (Å²) in [7, 11) is 5.24. The van der Waals surface area contributed by atoms with Crippen molar-refractivity contribution >= 4 is 64.9 Å². The Bertz CT molecular complexity index is 1820. The van der Waals surface area contributed by atoms with Gasteiger partial charge in [0.2, 0.25) is 5.91 Å². The summed E-state index contributed by atoms with van der Waals surface area (Å²) in [5, 5.41) is 2.93. The highest BCUT2D eigenvalue weighted by atomic mass is 35.5. The summed E-state index contributed by atoms with van der Waals surface area (Å²) < 4.78 is 12.2. The second-order valence-corrected chi connectivity index (χ2v) is 12.6. The van der Waals surface area contributed by atoms with Gasteiger partial charge in [-0.3, -0.25) is 14.4 Å². The van der Waals surface area contributed by atoms with Gasteiger partial charge in [-0.15, -0.1) is 24.8 Å². The zero-order valence-corrected chi connectivity index (χ0v) is 30.1. The first-order chi connectivity index (χ1) is 22.6. The van der Waals surface area contributed by atoms with Gasteiger partial charge in [-0.05, 0) is 88.2 Å². The number of benzene rings is 3. The molecule has 0 radical (unpaired) electrons. The van der Waals surface area contributed by atoms with E-state index >= 15 is 0 Å². The van der Waals surface area contributed by atoms with Gasteiger partial charge in [-0.2, -0.15) is 0 Å². The molecule has 2 fully saturated rings. The number of fused-ring (bicyclic) bond motifs is 1. The molecule has 49 heavy (non-hydrogen) atoms. The molecule has 2 aliphatic rings. The Kier molecular flexibility index (Phi) is 12.2. The van der Waals surface area contributed by atoms with Crippen LogP contribution in [0.1, 0.15) is 51.4 Å². The number of aromatic amines is 1. The average Bonchev–Trinajstić information content (AvgIpc) is 3.70. The lowest BCUT2D eigenvalue weighted by Gasteiger charge is -2.35. The summed E-state index contributed by atoms with van der Waals surface area (Å²) in [6, 6.07) is 16.0. The van der Waals surface area contributed by atoms with E-state index in [4.69, 9.17) is 9.47 Å². The summed E-state index contributed by atoms with van der Waals surface area (Å²) in [6.07, 6.45) is 2.23. The molecule has 4 aromatic rings. The highest BCUT2D eigenvalue weighted by Crippen LogP contribution is 2.37. The lowest BCUT2D eigenvalue weighted by atomic mass is 10.0. The molecule has 2 atom stereocenters. The average molecular weight is 712 g/mol. The standard InChI is InChI=1S/C36H42N6O5.2ClH/c1-22-12-15-29(32(20-22)47-30-11-6-8-26(30)36(45)42-18-16-40(3)17-19-42)41(4)35(44)24-13-14-25(31(21-24)46-5)34(43)39-28-10-7-9-27-33(28)38-23(2)37-27;;/h7,9-10,12-15,20-21,26,30H,6,8,11,16-19H2,1-5H3,(H,37,38)(H,39,43);2*1H. The van der Waals surface area contributed by atoms with Crippen molar-refractivity contribution in [2.75, 3.05) is 57.6 Å². The quantitative estimate of drug-likeness (QED) is 0.234. The number of nitrogens with one attached hydrogen (secondary N) is 2. The number of amides is 3. The molecular weight excluding hydrogens is 667 g/mol. The number of aromatic nitrogens is 2. The molecule has 13 heteroatoms. The number of para-hydroxylation sites is 1. The summed E-state index contributed by atoms with van der Waals surface area (Å²) in [4.78, 5) is 54.1. The predicted molar refractivity (Wildman–Crippen MR) is 196 cm³/mol. The number of anilines is 2. The molecule has 262 valence electrons. The number of likely N-dealkylation sites (N-methyl/N-ethyl adjacent to an activating group) is 1. The minimum absolute atomic E-state index is 0. The number of hydrogen-bond donors (Lipinski definition) is 2. The van der Waals surface area contributed by atoms with E-state index in [0.29, 0.717) is 28.2 Å². The fourth-order valence-corrected chi connectivity index (χ4v) is 6.53. The van der Waals surface area contributed by atoms with Gasteiger partial charge in [-0.25, -0.2) is 4.98 Å². The van der Waals surface area contributed by atoms with Crippen molar-refractivity contribution < 1.29 is 23.9 Å². The van der Waals surface area contributed by atoms with Crippen LogP contribution in [-0.2, 0) is 4.79 Å². The van der Waals surface area contributed by atoms with Crippen LogP contribution in [0.4, 0.5) is 11.4 Å². The van der Waals surface area contributed by atoms with Gasteiger partial charge in [0.1, 0.15) is 28.9 Å². The predicted octanol–water partition coefficient (Wildman–Crippen LogP) is 5.88. The van der Waals surface area contributed by atoms with Gasteiger partial charge in [0.15, 0.2) is 0 Å². The van der Waals surface area contributed by atoms with Crippen molar-refractivity contribution in [2.45, 2.75) is 39.2 Å². The van der Waals surface area contributed by atoms with Crippen LogP contribution >= 0.6 is 24.8 Å². The molecule has 2 heterocycles. The number of methoxy groups -OCH3 is 1. The van der Waals surface area contributed by atoms with E-state index in [2.05, 4.69) is 27.2 Å². The Morgan fingerprint density at radius 1 is 0.959 bits per heavy atom. The molecule has 1 aliphatic carbocycles. The van der Waals surface area contributed by atoms with Gasteiger partial charge in [0, 0.05) is 38.8 Å². The molecule has 1 aromatic heterocycles. The van der Waals surface area contributed by atoms with Crippen molar-refractivity contribution in [3.63, 3.8) is 0 Å². The third-order valence-corrected chi connectivity index (χ3v) is 9.22. The number of rotatable bonds is 8. The number of imidazole rings is 1. The van der Waals surface area contributed by atoms with Gasteiger partial charge >= 0.3 is 0 Å². The zero-order valence-electron chi connectivity index (χ0n) is 28.4. The fourth-order valence-electron chi connectivity index (χ4n) is 6.53. The molecule has 1 aliphatic heterocycles. The monoisotopic (exact) mass is 710 g/mol. The molecule has 3 amide bonds. The molecular formula is C36H44Cl2N6O5. The lowest BCUT2D eigenvalue weighted by molar-refractivity contribution is -0.139. The van der Waals surface area contributed by atoms with Crippen LogP contribution in [0.3, 0.4) is 0 Å². The maximum atomic E-state index is 13.9. The SMILES string of the molecule is COc1cc(C(=O)N(C)c2ccc(C)cc2OC2CCCC2C(=O)N2CCN(C)CC2)ccc1C(=O)Nc1cccc2[nH]c(C)nc12.Cl.Cl. The first kappa shape index (κ1) is 37.5. The molecule has 11 nitrogen and oxygen atoms in total. The van der Waals surface area contributed by atoms with Crippen LogP contribution in [0.5, 0.6) is 11.5 Å².